The van der Waals surface area contributed by atoms with Crippen LogP contribution in [0.4, 0.5) is 5.82 Å². The van der Waals surface area contributed by atoms with Crippen molar-refractivity contribution >= 4 is 40.9 Å². The topological polar surface area (TPSA) is 101 Å². The number of nitrogen functional groups attached to an aromatic ring is 1. The lowest BCUT2D eigenvalue weighted by atomic mass is 10.1. The number of fused-ring (bicyclic) bond motifs is 1. The quantitative estimate of drug-likeness (QED) is 0.234. The van der Waals surface area contributed by atoms with E-state index >= 15 is 0 Å². The van der Waals surface area contributed by atoms with Gasteiger partial charge in [-0.05, 0) is 52.7 Å². The molecule has 0 fully saturated rings. The molecule has 4 rings (SSSR count). The van der Waals surface area contributed by atoms with Gasteiger partial charge in [0.1, 0.15) is 30.3 Å². The van der Waals surface area contributed by atoms with Crippen LogP contribution in [0.1, 0.15) is 5.69 Å². The third-order valence-corrected chi connectivity index (χ3v) is 7.68. The Bertz CT molecular complexity index is 1270. The molecule has 1 aromatic carbocycles. The van der Waals surface area contributed by atoms with E-state index in [1.807, 2.05) is 41.8 Å². The molecule has 8 nitrogen and oxygen atoms in total. The summed E-state index contributed by atoms with van der Waals surface area (Å²) in [6, 6.07) is 10.9. The molecule has 0 aliphatic heterocycles. The lowest BCUT2D eigenvalue weighted by molar-refractivity contribution is 0.0886. The predicted octanol–water partition coefficient (Wildman–Crippen LogP) is 5.65. The highest BCUT2D eigenvalue weighted by Gasteiger charge is 2.21. The van der Waals surface area contributed by atoms with Gasteiger partial charge in [0, 0.05) is 32.1 Å². The largest absolute Gasteiger partial charge is 0.424 e. The summed E-state index contributed by atoms with van der Waals surface area (Å²) in [5, 5.41) is 0.786. The first-order valence-corrected chi connectivity index (χ1v) is 15.2. The lowest BCUT2D eigenvalue weighted by Gasteiger charge is -2.16. The van der Waals surface area contributed by atoms with Gasteiger partial charge in [-0.2, -0.15) is 0 Å². The zero-order valence-electron chi connectivity index (χ0n) is 19.2. The second-order valence-corrected chi connectivity index (χ2v) is 15.4. The van der Waals surface area contributed by atoms with Crippen molar-refractivity contribution in [2.45, 2.75) is 39.3 Å². The molecule has 172 valence electrons. The highest BCUT2D eigenvalue weighted by Crippen LogP contribution is 2.40. The van der Waals surface area contributed by atoms with Crippen molar-refractivity contribution in [3.8, 4) is 22.9 Å². The van der Waals surface area contributed by atoms with Crippen molar-refractivity contribution in [3.63, 3.8) is 0 Å². The summed E-state index contributed by atoms with van der Waals surface area (Å²) in [5.41, 5.74) is 9.71. The summed E-state index contributed by atoms with van der Waals surface area (Å²) in [6.07, 6.45) is 3.15. The Balaban J connectivity index is 1.64. The van der Waals surface area contributed by atoms with Crippen LogP contribution in [-0.2, 0) is 11.5 Å². The van der Waals surface area contributed by atoms with Gasteiger partial charge < -0.3 is 15.2 Å². The van der Waals surface area contributed by atoms with Gasteiger partial charge in [0.2, 0.25) is 0 Å². The van der Waals surface area contributed by atoms with Crippen LogP contribution >= 0.6 is 15.9 Å². The van der Waals surface area contributed by atoms with Crippen LogP contribution in [0.5, 0.6) is 11.8 Å². The Morgan fingerprint density at radius 2 is 1.82 bits per heavy atom. The third kappa shape index (κ3) is 5.40. The second-order valence-electron chi connectivity index (χ2n) is 9.01. The first-order chi connectivity index (χ1) is 15.7. The molecule has 0 saturated heterocycles. The molecule has 0 saturated carbocycles. The molecular weight excluding hydrogens is 500 g/mol. The van der Waals surface area contributed by atoms with E-state index in [0.29, 0.717) is 30.9 Å². The molecule has 0 aliphatic rings. The standard InChI is InChI=1S/C23H27BrN6O2Si/c1-15-9-10-26-23(29-15)32-17-7-5-16(6-8-17)18-19-21(25)27-13-28-22(19)30(20(18)24)14-31-11-12-33(2,3)4/h5-10,13H,11-12,14H2,1-4H3,(H2,25,27,28). The van der Waals surface area contributed by atoms with Crippen LogP contribution < -0.4 is 10.5 Å². The van der Waals surface area contributed by atoms with Gasteiger partial charge in [-0.15, -0.1) is 0 Å². The molecule has 10 heteroatoms. The lowest BCUT2D eigenvalue weighted by Crippen LogP contribution is -2.22. The molecular formula is C23H27BrN6O2Si. The van der Waals surface area contributed by atoms with Crippen LogP contribution in [0.25, 0.3) is 22.2 Å². The first kappa shape index (κ1) is 23.3. The smallest absolute Gasteiger partial charge is 0.322 e. The monoisotopic (exact) mass is 526 g/mol. The number of ether oxygens (including phenoxy) is 2. The maximum absolute atomic E-state index is 6.27. The number of nitrogens with zero attached hydrogens (tertiary/aromatic N) is 5. The molecule has 0 amide bonds. The molecule has 33 heavy (non-hydrogen) atoms. The van der Waals surface area contributed by atoms with E-state index in [1.165, 1.54) is 6.33 Å². The Morgan fingerprint density at radius 1 is 1.06 bits per heavy atom. The van der Waals surface area contributed by atoms with E-state index in [-0.39, 0.29) is 0 Å². The summed E-state index contributed by atoms with van der Waals surface area (Å²) in [7, 11) is -1.17. The van der Waals surface area contributed by atoms with Crippen LogP contribution in [0.3, 0.4) is 0 Å². The van der Waals surface area contributed by atoms with Crippen molar-refractivity contribution < 1.29 is 9.47 Å². The van der Waals surface area contributed by atoms with Gasteiger partial charge in [-0.25, -0.2) is 19.9 Å². The Kier molecular flexibility index (Phi) is 6.77. The molecule has 3 heterocycles. The minimum atomic E-state index is -1.17. The number of anilines is 1. The molecule has 0 bridgehead atoms. The SMILES string of the molecule is Cc1ccnc(Oc2ccc(-c3c(Br)n(COCC[Si](C)(C)C)c4ncnc(N)c34)cc2)n1. The fourth-order valence-corrected chi connectivity index (χ4v) is 4.80. The van der Waals surface area contributed by atoms with E-state index in [1.54, 1.807) is 6.20 Å². The van der Waals surface area contributed by atoms with E-state index in [2.05, 4.69) is 55.5 Å². The van der Waals surface area contributed by atoms with Crippen molar-refractivity contribution in [2.75, 3.05) is 12.3 Å². The van der Waals surface area contributed by atoms with Crippen molar-refractivity contribution in [1.82, 2.24) is 24.5 Å². The van der Waals surface area contributed by atoms with Gasteiger partial charge in [-0.3, -0.25) is 4.57 Å². The van der Waals surface area contributed by atoms with Crippen LogP contribution in [-0.4, -0.2) is 39.2 Å². The molecule has 3 aromatic heterocycles. The third-order valence-electron chi connectivity index (χ3n) is 5.15. The fraction of sp³-hybridized carbons (Fsp3) is 0.304. The van der Waals surface area contributed by atoms with Crippen molar-refractivity contribution in [2.24, 2.45) is 0 Å². The average molecular weight is 527 g/mol. The number of nitrogens with two attached hydrogens (primary N) is 1. The first-order valence-electron chi connectivity index (χ1n) is 10.7. The number of hydrogen-bond acceptors (Lipinski definition) is 7. The van der Waals surface area contributed by atoms with Crippen LogP contribution in [0.2, 0.25) is 25.7 Å². The highest BCUT2D eigenvalue weighted by atomic mass is 79.9. The number of benzene rings is 1. The predicted molar refractivity (Wildman–Crippen MR) is 136 cm³/mol. The number of aromatic nitrogens is 5. The van der Waals surface area contributed by atoms with Gasteiger partial charge in [0.15, 0.2) is 0 Å². The Hall–Kier alpha value is -2.82. The highest BCUT2D eigenvalue weighted by molar-refractivity contribution is 9.10. The van der Waals surface area contributed by atoms with E-state index in [0.717, 1.165) is 38.5 Å². The fourth-order valence-electron chi connectivity index (χ4n) is 3.35. The number of rotatable bonds is 8. The summed E-state index contributed by atoms with van der Waals surface area (Å²) in [4.78, 5) is 17.1. The Morgan fingerprint density at radius 3 is 2.52 bits per heavy atom. The second kappa shape index (κ2) is 9.58. The summed E-state index contributed by atoms with van der Waals surface area (Å²) in [6.45, 7) is 9.99. The van der Waals surface area contributed by atoms with Gasteiger partial charge in [-0.1, -0.05) is 31.8 Å². The molecule has 0 spiro atoms. The maximum Gasteiger partial charge on any atom is 0.322 e. The molecule has 4 aromatic rings. The molecule has 0 atom stereocenters. The Labute approximate surface area is 202 Å². The van der Waals surface area contributed by atoms with Gasteiger partial charge in [0.25, 0.3) is 0 Å². The van der Waals surface area contributed by atoms with Crippen LogP contribution in [0.15, 0.2) is 47.5 Å². The summed E-state index contributed by atoms with van der Waals surface area (Å²) in [5.74, 6) is 1.06. The number of hydrogen-bond donors (Lipinski definition) is 1. The number of aryl methyl sites for hydroxylation is 1. The van der Waals surface area contributed by atoms with E-state index < -0.39 is 8.07 Å². The minimum Gasteiger partial charge on any atom is -0.424 e. The molecule has 0 unspecified atom stereocenters. The van der Waals surface area contributed by atoms with Gasteiger partial charge >= 0.3 is 6.01 Å². The minimum absolute atomic E-state index is 0.314. The maximum atomic E-state index is 6.27. The summed E-state index contributed by atoms with van der Waals surface area (Å²) >= 11 is 3.75. The zero-order chi connectivity index (χ0) is 23.6. The van der Waals surface area contributed by atoms with Crippen molar-refractivity contribution in [1.29, 1.82) is 0 Å². The van der Waals surface area contributed by atoms with Crippen molar-refractivity contribution in [3.05, 3.63) is 53.2 Å². The van der Waals surface area contributed by atoms with Crippen LogP contribution in [0, 0.1) is 6.92 Å². The van der Waals surface area contributed by atoms with Gasteiger partial charge in [0.05, 0.1) is 9.99 Å². The average Bonchev–Trinajstić information content (AvgIpc) is 3.04. The summed E-state index contributed by atoms with van der Waals surface area (Å²) < 4.78 is 14.6. The molecule has 2 N–H and O–H groups in total. The molecule has 0 aliphatic carbocycles. The van der Waals surface area contributed by atoms with E-state index in [4.69, 9.17) is 15.2 Å². The van der Waals surface area contributed by atoms with E-state index in [9.17, 15) is 0 Å². The molecule has 0 radical (unpaired) electrons. The zero-order valence-corrected chi connectivity index (χ0v) is 21.8. The normalized spacial score (nSPS) is 11.8. The number of halogens is 1.